The molecule has 0 spiro atoms. The molecule has 3 heteroatoms. The Morgan fingerprint density at radius 2 is 1.90 bits per heavy atom. The minimum absolute atomic E-state index is 0.328. The molecule has 0 unspecified atom stereocenters. The highest BCUT2D eigenvalue weighted by atomic mass is 16.5. The zero-order valence-electron chi connectivity index (χ0n) is 17.1. The van der Waals surface area contributed by atoms with Gasteiger partial charge in [-0.15, -0.1) is 0 Å². The zero-order valence-corrected chi connectivity index (χ0v) is 17.1. The Hall–Kier alpha value is -2.10. The molecule has 2 aromatic rings. The maximum Gasteiger partial charge on any atom is 0.168 e. The third kappa shape index (κ3) is 2.94. The first-order valence-electron chi connectivity index (χ1n) is 10.8. The van der Waals surface area contributed by atoms with Crippen LogP contribution in [0.3, 0.4) is 0 Å². The van der Waals surface area contributed by atoms with Crippen molar-refractivity contribution in [3.05, 3.63) is 77.4 Å². The van der Waals surface area contributed by atoms with Crippen LogP contribution in [0.25, 0.3) is 0 Å². The molecule has 0 amide bonds. The fraction of sp³-hybridized carbons (Fsp3) is 0.462. The number of ether oxygens (including phenoxy) is 1. The van der Waals surface area contributed by atoms with Gasteiger partial charge >= 0.3 is 0 Å². The predicted molar refractivity (Wildman–Crippen MR) is 114 cm³/mol. The summed E-state index contributed by atoms with van der Waals surface area (Å²) in [5.41, 5.74) is 4.58. The number of rotatable bonds is 3. The highest BCUT2D eigenvalue weighted by Crippen LogP contribution is 2.64. The van der Waals surface area contributed by atoms with Crippen LogP contribution in [0.5, 0.6) is 5.75 Å². The number of hydrogen-bond donors (Lipinski definition) is 2. The number of hydrogen-bond acceptors (Lipinski definition) is 3. The monoisotopic (exact) mass is 390 g/mol. The standard InChI is InChI=1S/C26H30O3/c1-17-15-25(2)23(12-13-26(25,27)28)22-10-8-19-14-20(9-11-21(19)24(17)22)29-16-18-6-4-3-5-7-18/h3-7,9,11,14,22-24,27-28H,1,8,10,12-13,15-16H2,2H3/t22-,23-,24+,25-/m0/s1. The second kappa shape index (κ2) is 6.72. The van der Waals surface area contributed by atoms with E-state index in [1.807, 2.05) is 18.2 Å². The second-order valence-electron chi connectivity index (χ2n) is 9.53. The number of aliphatic hydroxyl groups is 2. The average Bonchev–Trinajstić information content (AvgIpc) is 2.95. The topological polar surface area (TPSA) is 49.7 Å². The Morgan fingerprint density at radius 3 is 2.69 bits per heavy atom. The van der Waals surface area contributed by atoms with Crippen LogP contribution < -0.4 is 4.74 Å². The Labute approximate surface area is 173 Å². The average molecular weight is 391 g/mol. The Kier molecular flexibility index (Phi) is 4.38. The van der Waals surface area contributed by atoms with Crippen molar-refractivity contribution in [1.82, 2.24) is 0 Å². The highest BCUT2D eigenvalue weighted by molar-refractivity contribution is 5.45. The van der Waals surface area contributed by atoms with Crippen LogP contribution in [-0.2, 0) is 13.0 Å². The Morgan fingerprint density at radius 1 is 1.10 bits per heavy atom. The molecule has 0 saturated heterocycles. The first-order chi connectivity index (χ1) is 13.9. The zero-order chi connectivity index (χ0) is 20.2. The van der Waals surface area contributed by atoms with Gasteiger partial charge in [0.15, 0.2) is 5.79 Å². The van der Waals surface area contributed by atoms with Crippen molar-refractivity contribution in [1.29, 1.82) is 0 Å². The molecular formula is C26H30O3. The summed E-state index contributed by atoms with van der Waals surface area (Å²) in [5.74, 6) is 0.471. The maximum absolute atomic E-state index is 10.6. The summed E-state index contributed by atoms with van der Waals surface area (Å²) in [6.07, 6.45) is 4.16. The van der Waals surface area contributed by atoms with E-state index in [2.05, 4.69) is 43.8 Å². The SMILES string of the molecule is C=C1C[C@@]2(C)[C@@H](CCC2(O)O)[C@@H]2CCc3cc(OCc4ccccc4)ccc3[C@@H]12. The summed E-state index contributed by atoms with van der Waals surface area (Å²) in [7, 11) is 0. The van der Waals surface area contributed by atoms with Crippen LogP contribution in [0.4, 0.5) is 0 Å². The summed E-state index contributed by atoms with van der Waals surface area (Å²) in [4.78, 5) is 0. The fourth-order valence-electron chi connectivity index (χ4n) is 6.41. The Balaban J connectivity index is 1.40. The van der Waals surface area contributed by atoms with Crippen LogP contribution in [0.2, 0.25) is 0 Å². The van der Waals surface area contributed by atoms with E-state index in [0.29, 0.717) is 37.2 Å². The van der Waals surface area contributed by atoms with E-state index in [0.717, 1.165) is 30.6 Å². The van der Waals surface area contributed by atoms with E-state index in [1.165, 1.54) is 16.7 Å². The van der Waals surface area contributed by atoms with Crippen LogP contribution in [0.1, 0.15) is 55.2 Å². The van der Waals surface area contributed by atoms with Crippen LogP contribution in [-0.4, -0.2) is 16.0 Å². The third-order valence-corrected chi connectivity index (χ3v) is 7.96. The number of benzene rings is 2. The van der Waals surface area contributed by atoms with Crippen molar-refractivity contribution in [2.24, 2.45) is 17.3 Å². The first kappa shape index (κ1) is 18.9. The smallest absolute Gasteiger partial charge is 0.168 e. The van der Waals surface area contributed by atoms with Gasteiger partial charge in [-0.05, 0) is 66.3 Å². The minimum atomic E-state index is -1.57. The second-order valence-corrected chi connectivity index (χ2v) is 9.53. The maximum atomic E-state index is 10.6. The van der Waals surface area contributed by atoms with Gasteiger partial charge < -0.3 is 14.9 Å². The number of aryl methyl sites for hydroxylation is 1. The van der Waals surface area contributed by atoms with Crippen molar-refractivity contribution < 1.29 is 14.9 Å². The predicted octanol–water partition coefficient (Wildman–Crippen LogP) is 4.97. The van der Waals surface area contributed by atoms with Crippen molar-refractivity contribution in [3.63, 3.8) is 0 Å². The van der Waals surface area contributed by atoms with Crippen molar-refractivity contribution >= 4 is 0 Å². The van der Waals surface area contributed by atoms with E-state index < -0.39 is 11.2 Å². The summed E-state index contributed by atoms with van der Waals surface area (Å²) < 4.78 is 6.05. The molecule has 5 rings (SSSR count). The van der Waals surface area contributed by atoms with Gasteiger partial charge in [0.25, 0.3) is 0 Å². The van der Waals surface area contributed by atoms with Crippen molar-refractivity contribution in [2.45, 2.75) is 57.3 Å². The number of fused-ring (bicyclic) bond motifs is 5. The number of allylic oxidation sites excluding steroid dienone is 1. The van der Waals surface area contributed by atoms with E-state index in [-0.39, 0.29) is 0 Å². The molecule has 3 nitrogen and oxygen atoms in total. The van der Waals surface area contributed by atoms with Crippen molar-refractivity contribution in [3.8, 4) is 5.75 Å². The molecule has 2 N–H and O–H groups in total. The molecule has 0 aliphatic heterocycles. The summed E-state index contributed by atoms with van der Waals surface area (Å²) in [5, 5.41) is 21.3. The molecule has 3 aliphatic rings. The van der Waals surface area contributed by atoms with E-state index in [1.54, 1.807) is 0 Å². The molecule has 2 saturated carbocycles. The molecule has 4 atom stereocenters. The van der Waals surface area contributed by atoms with Crippen LogP contribution in [0.15, 0.2) is 60.7 Å². The summed E-state index contributed by atoms with van der Waals surface area (Å²) in [6.45, 7) is 7.05. The molecular weight excluding hydrogens is 360 g/mol. The minimum Gasteiger partial charge on any atom is -0.489 e. The Bertz CT molecular complexity index is 932. The molecule has 0 aromatic heterocycles. The van der Waals surface area contributed by atoms with Gasteiger partial charge in [-0.25, -0.2) is 0 Å². The summed E-state index contributed by atoms with van der Waals surface area (Å²) >= 11 is 0. The van der Waals surface area contributed by atoms with Gasteiger partial charge in [-0.3, -0.25) is 0 Å². The lowest BCUT2D eigenvalue weighted by Gasteiger charge is -2.52. The van der Waals surface area contributed by atoms with Gasteiger partial charge in [0.1, 0.15) is 12.4 Å². The van der Waals surface area contributed by atoms with E-state index >= 15 is 0 Å². The lowest BCUT2D eigenvalue weighted by atomic mass is 9.53. The van der Waals surface area contributed by atoms with Gasteiger partial charge in [-0.2, -0.15) is 0 Å². The third-order valence-electron chi connectivity index (χ3n) is 7.96. The molecule has 0 heterocycles. The van der Waals surface area contributed by atoms with Crippen LogP contribution >= 0.6 is 0 Å². The van der Waals surface area contributed by atoms with Gasteiger partial charge in [0.2, 0.25) is 0 Å². The quantitative estimate of drug-likeness (QED) is 0.575. The fourth-order valence-corrected chi connectivity index (χ4v) is 6.41. The molecule has 0 radical (unpaired) electrons. The lowest BCUT2D eigenvalue weighted by molar-refractivity contribution is -0.236. The largest absolute Gasteiger partial charge is 0.489 e. The van der Waals surface area contributed by atoms with Gasteiger partial charge in [-0.1, -0.05) is 55.5 Å². The first-order valence-corrected chi connectivity index (χ1v) is 10.8. The summed E-state index contributed by atoms with van der Waals surface area (Å²) in [6, 6.07) is 16.7. The molecule has 0 bridgehead atoms. The van der Waals surface area contributed by atoms with Crippen molar-refractivity contribution in [2.75, 3.05) is 0 Å². The normalized spacial score (nSPS) is 32.2. The van der Waals surface area contributed by atoms with E-state index in [4.69, 9.17) is 4.74 Å². The van der Waals surface area contributed by atoms with E-state index in [9.17, 15) is 10.2 Å². The molecule has 3 aliphatic carbocycles. The lowest BCUT2D eigenvalue weighted by Crippen LogP contribution is -2.51. The van der Waals surface area contributed by atoms with Gasteiger partial charge in [0, 0.05) is 17.8 Å². The molecule has 152 valence electrons. The molecule has 2 aromatic carbocycles. The molecule has 29 heavy (non-hydrogen) atoms. The van der Waals surface area contributed by atoms with Crippen LogP contribution in [0, 0.1) is 17.3 Å². The highest BCUT2D eigenvalue weighted by Gasteiger charge is 2.62. The van der Waals surface area contributed by atoms with Gasteiger partial charge in [0.05, 0.1) is 0 Å². The molecule has 2 fully saturated rings.